The van der Waals surface area contributed by atoms with E-state index in [4.69, 9.17) is 4.74 Å². The fourth-order valence-corrected chi connectivity index (χ4v) is 5.09. The van der Waals surface area contributed by atoms with E-state index in [1.807, 2.05) is 90.2 Å². The zero-order valence-corrected chi connectivity index (χ0v) is 23.7. The Hall–Kier alpha value is -4.27. The quantitative estimate of drug-likeness (QED) is 0.228. The lowest BCUT2D eigenvalue weighted by molar-refractivity contribution is -0.120. The number of likely N-dealkylation sites (N-methyl/N-ethyl adjacent to an activating group) is 1. The van der Waals surface area contributed by atoms with Crippen molar-refractivity contribution in [3.63, 3.8) is 0 Å². The summed E-state index contributed by atoms with van der Waals surface area (Å²) in [4.78, 5) is 28.3. The van der Waals surface area contributed by atoms with E-state index in [0.29, 0.717) is 17.9 Å². The maximum Gasteiger partial charge on any atom is 0.326 e. The second kappa shape index (κ2) is 14.2. The molecule has 4 aromatic carbocycles. The minimum atomic E-state index is -0.778. The molecule has 7 nitrogen and oxygen atoms in total. The van der Waals surface area contributed by atoms with Crippen LogP contribution >= 0.6 is 12.1 Å². The number of nitrogens with zero attached hydrogens (tertiary/aromatic N) is 2. The van der Waals surface area contributed by atoms with E-state index >= 15 is 0 Å². The standard InChI is InChI=1S/C32H34N4O3S/c1-35(27-19-21-28(39-3)22-20-27)31(37)29(23-24-13-7-4-8-14-24)33-32(38)34-40-36(2)30(25-15-9-5-10-16-25)26-17-11-6-12-18-26/h4-22,29-30H,23H2,1-3H3,(H2,33,34,38). The van der Waals surface area contributed by atoms with Crippen LogP contribution in [-0.4, -0.2) is 43.5 Å². The summed E-state index contributed by atoms with van der Waals surface area (Å²) in [7, 11) is 5.23. The van der Waals surface area contributed by atoms with E-state index in [1.54, 1.807) is 31.2 Å². The van der Waals surface area contributed by atoms with Gasteiger partial charge in [-0.1, -0.05) is 91.0 Å². The van der Waals surface area contributed by atoms with Gasteiger partial charge in [0.25, 0.3) is 0 Å². The molecule has 206 valence electrons. The second-order valence-corrected chi connectivity index (χ2v) is 10.2. The van der Waals surface area contributed by atoms with Crippen LogP contribution in [0, 0.1) is 0 Å². The van der Waals surface area contributed by atoms with E-state index in [-0.39, 0.29) is 11.9 Å². The van der Waals surface area contributed by atoms with Gasteiger partial charge in [0.05, 0.1) is 13.2 Å². The number of urea groups is 1. The summed E-state index contributed by atoms with van der Waals surface area (Å²) in [6.07, 6.45) is 0.352. The number of carbonyl (C=O) groups is 2. The number of amides is 3. The number of nitrogens with one attached hydrogen (secondary N) is 2. The van der Waals surface area contributed by atoms with Crippen LogP contribution in [0.25, 0.3) is 0 Å². The topological polar surface area (TPSA) is 73.9 Å². The molecular weight excluding hydrogens is 520 g/mol. The highest BCUT2D eigenvalue weighted by atomic mass is 32.2. The van der Waals surface area contributed by atoms with Crippen molar-refractivity contribution in [1.29, 1.82) is 0 Å². The molecule has 4 rings (SSSR count). The van der Waals surface area contributed by atoms with Gasteiger partial charge in [-0.3, -0.25) is 9.52 Å². The summed E-state index contributed by atoms with van der Waals surface area (Å²) < 4.78 is 10.1. The van der Waals surface area contributed by atoms with Crippen molar-refractivity contribution in [3.05, 3.63) is 132 Å². The van der Waals surface area contributed by atoms with Crippen LogP contribution in [0.3, 0.4) is 0 Å². The van der Waals surface area contributed by atoms with Crippen LogP contribution < -0.4 is 19.7 Å². The largest absolute Gasteiger partial charge is 0.497 e. The van der Waals surface area contributed by atoms with Crippen molar-refractivity contribution in [1.82, 2.24) is 14.3 Å². The molecule has 2 N–H and O–H groups in total. The normalized spacial score (nSPS) is 11.6. The number of carbonyl (C=O) groups excluding carboxylic acids is 2. The molecule has 0 bridgehead atoms. The molecule has 0 aliphatic carbocycles. The maximum absolute atomic E-state index is 13.6. The highest BCUT2D eigenvalue weighted by molar-refractivity contribution is 7.95. The van der Waals surface area contributed by atoms with Crippen LogP contribution in [0.2, 0.25) is 0 Å². The van der Waals surface area contributed by atoms with E-state index in [1.165, 1.54) is 12.1 Å². The molecule has 0 heterocycles. The number of benzene rings is 4. The van der Waals surface area contributed by atoms with Crippen LogP contribution in [0.5, 0.6) is 5.75 Å². The molecule has 1 unspecified atom stereocenters. The van der Waals surface area contributed by atoms with Crippen molar-refractivity contribution < 1.29 is 14.3 Å². The molecule has 4 aromatic rings. The van der Waals surface area contributed by atoms with Crippen molar-refractivity contribution in [2.75, 3.05) is 26.1 Å². The Balaban J connectivity index is 1.46. The van der Waals surface area contributed by atoms with Crippen LogP contribution in [0.4, 0.5) is 10.5 Å². The maximum atomic E-state index is 13.6. The first-order valence-corrected chi connectivity index (χ1v) is 13.8. The lowest BCUT2D eigenvalue weighted by Gasteiger charge is -2.28. The number of hydrogen-bond donors (Lipinski definition) is 2. The molecule has 0 aliphatic rings. The third kappa shape index (κ3) is 7.65. The fraction of sp³-hybridized carbons (Fsp3) is 0.188. The molecule has 0 saturated heterocycles. The SMILES string of the molecule is COc1ccc(N(C)C(=O)C(Cc2ccccc2)NC(=O)NSN(C)C(c2ccccc2)c2ccccc2)cc1. The van der Waals surface area contributed by atoms with Crippen molar-refractivity contribution in [3.8, 4) is 5.75 Å². The average molecular weight is 555 g/mol. The number of rotatable bonds is 11. The zero-order valence-electron chi connectivity index (χ0n) is 22.9. The monoisotopic (exact) mass is 554 g/mol. The predicted molar refractivity (Wildman–Crippen MR) is 162 cm³/mol. The molecule has 8 heteroatoms. The average Bonchev–Trinajstić information content (AvgIpc) is 3.01. The lowest BCUT2D eigenvalue weighted by atomic mass is 9.99. The van der Waals surface area contributed by atoms with Crippen LogP contribution in [0.15, 0.2) is 115 Å². The smallest absolute Gasteiger partial charge is 0.326 e. The first-order valence-electron chi connectivity index (χ1n) is 13.0. The predicted octanol–water partition coefficient (Wildman–Crippen LogP) is 5.85. The van der Waals surface area contributed by atoms with Gasteiger partial charge < -0.3 is 15.0 Å². The highest BCUT2D eigenvalue weighted by Crippen LogP contribution is 2.31. The summed E-state index contributed by atoms with van der Waals surface area (Å²) in [5, 5.41) is 2.90. The van der Waals surface area contributed by atoms with E-state index < -0.39 is 12.1 Å². The minimum Gasteiger partial charge on any atom is -0.497 e. The third-order valence-electron chi connectivity index (χ3n) is 6.55. The summed E-state index contributed by atoms with van der Waals surface area (Å²) >= 11 is 1.18. The lowest BCUT2D eigenvalue weighted by Crippen LogP contribution is -2.51. The Kier molecular flexibility index (Phi) is 10.2. The minimum absolute atomic E-state index is 0.0874. The Labute approximate surface area is 240 Å². The van der Waals surface area contributed by atoms with Gasteiger partial charge >= 0.3 is 6.03 Å². The molecule has 0 saturated carbocycles. The highest BCUT2D eigenvalue weighted by Gasteiger charge is 2.26. The van der Waals surface area contributed by atoms with Crippen LogP contribution in [-0.2, 0) is 11.2 Å². The van der Waals surface area contributed by atoms with Gasteiger partial charge in [0.1, 0.15) is 11.8 Å². The number of hydrogen-bond acceptors (Lipinski definition) is 5. The van der Waals surface area contributed by atoms with Gasteiger partial charge in [-0.25, -0.2) is 9.10 Å². The summed E-state index contributed by atoms with van der Waals surface area (Å²) in [5.74, 6) is 0.474. The molecular formula is C32H34N4O3S. The zero-order chi connectivity index (χ0) is 28.3. The third-order valence-corrected chi connectivity index (χ3v) is 7.33. The van der Waals surface area contributed by atoms with Gasteiger partial charge in [-0.05, 0) is 41.0 Å². The van der Waals surface area contributed by atoms with Gasteiger partial charge in [0.2, 0.25) is 5.91 Å². The van der Waals surface area contributed by atoms with Gasteiger partial charge in [-0.2, -0.15) is 0 Å². The van der Waals surface area contributed by atoms with Crippen molar-refractivity contribution in [2.45, 2.75) is 18.5 Å². The van der Waals surface area contributed by atoms with E-state index in [9.17, 15) is 9.59 Å². The number of anilines is 1. The molecule has 0 aromatic heterocycles. The fourth-order valence-electron chi connectivity index (χ4n) is 4.45. The molecule has 0 radical (unpaired) electrons. The molecule has 1 atom stereocenters. The van der Waals surface area contributed by atoms with Crippen molar-refractivity contribution >= 4 is 29.8 Å². The Bertz CT molecular complexity index is 1320. The summed E-state index contributed by atoms with van der Waals surface area (Å²) in [6, 6.07) is 35.8. The van der Waals surface area contributed by atoms with Gasteiger partial charge in [-0.15, -0.1) is 0 Å². The second-order valence-electron chi connectivity index (χ2n) is 9.27. The number of ether oxygens (including phenoxy) is 1. The Morgan fingerprint density at radius 1 is 0.775 bits per heavy atom. The van der Waals surface area contributed by atoms with E-state index in [2.05, 4.69) is 34.3 Å². The van der Waals surface area contributed by atoms with Gasteiger partial charge in [0.15, 0.2) is 0 Å². The first kappa shape index (κ1) is 28.7. The Morgan fingerprint density at radius 3 is 1.82 bits per heavy atom. The molecule has 40 heavy (non-hydrogen) atoms. The molecule has 3 amide bonds. The number of methoxy groups -OCH3 is 1. The Morgan fingerprint density at radius 2 is 1.30 bits per heavy atom. The molecule has 0 fully saturated rings. The van der Waals surface area contributed by atoms with Crippen molar-refractivity contribution in [2.24, 2.45) is 0 Å². The molecule has 0 aliphatic heterocycles. The molecule has 0 spiro atoms. The summed E-state index contributed by atoms with van der Waals surface area (Å²) in [5.41, 5.74) is 3.85. The van der Waals surface area contributed by atoms with Gasteiger partial charge in [0, 0.05) is 38.3 Å². The van der Waals surface area contributed by atoms with E-state index in [0.717, 1.165) is 16.7 Å². The first-order chi connectivity index (χ1) is 19.5. The summed E-state index contributed by atoms with van der Waals surface area (Å²) in [6.45, 7) is 0. The van der Waals surface area contributed by atoms with Crippen LogP contribution in [0.1, 0.15) is 22.7 Å².